The molecule has 0 amide bonds. The Morgan fingerprint density at radius 1 is 1.46 bits per heavy atom. The summed E-state index contributed by atoms with van der Waals surface area (Å²) < 4.78 is 1.25. The lowest BCUT2D eigenvalue weighted by Gasteiger charge is -1.98. The van der Waals surface area contributed by atoms with Gasteiger partial charge in [0.15, 0.2) is 0 Å². The van der Waals surface area contributed by atoms with Gasteiger partial charge in [-0.3, -0.25) is 0 Å². The lowest BCUT2D eigenvalue weighted by molar-refractivity contribution is 0.735. The first kappa shape index (κ1) is 8.66. The maximum atomic E-state index is 5.71. The molecule has 13 heavy (non-hydrogen) atoms. The minimum absolute atomic E-state index is 0.195. The summed E-state index contributed by atoms with van der Waals surface area (Å²) in [6.07, 6.45) is 0.874. The van der Waals surface area contributed by atoms with Crippen molar-refractivity contribution in [1.82, 2.24) is 4.98 Å². The number of nitrogens with two attached hydrogens (primary N) is 1. The fraction of sp³-hybridized carbons (Fsp3) is 0.300. The van der Waals surface area contributed by atoms with E-state index in [1.807, 2.05) is 25.1 Å². The monoisotopic (exact) mass is 192 g/mol. The summed E-state index contributed by atoms with van der Waals surface area (Å²) in [4.78, 5) is 4.49. The van der Waals surface area contributed by atoms with Crippen molar-refractivity contribution in [3.63, 3.8) is 0 Å². The summed E-state index contributed by atoms with van der Waals surface area (Å²) in [6, 6.07) is 8.38. The van der Waals surface area contributed by atoms with Crippen LogP contribution in [0.15, 0.2) is 24.3 Å². The largest absolute Gasteiger partial charge is 0.328 e. The first-order valence-corrected chi connectivity index (χ1v) is 5.17. The van der Waals surface area contributed by atoms with E-state index < -0.39 is 0 Å². The third kappa shape index (κ3) is 1.87. The Balaban J connectivity index is 2.38. The van der Waals surface area contributed by atoms with Crippen molar-refractivity contribution in [1.29, 1.82) is 0 Å². The molecule has 1 aromatic carbocycles. The van der Waals surface area contributed by atoms with Gasteiger partial charge in [0, 0.05) is 12.5 Å². The summed E-state index contributed by atoms with van der Waals surface area (Å²) in [5, 5.41) is 1.14. The topological polar surface area (TPSA) is 38.9 Å². The molecule has 0 aliphatic rings. The molecule has 0 fully saturated rings. The third-order valence-corrected chi connectivity index (χ3v) is 2.89. The van der Waals surface area contributed by atoms with E-state index in [2.05, 4.69) is 11.1 Å². The predicted molar refractivity (Wildman–Crippen MR) is 57.0 cm³/mol. The van der Waals surface area contributed by atoms with E-state index in [-0.39, 0.29) is 6.04 Å². The van der Waals surface area contributed by atoms with Gasteiger partial charge in [-0.1, -0.05) is 12.1 Å². The maximum absolute atomic E-state index is 5.71. The lowest BCUT2D eigenvalue weighted by Crippen LogP contribution is -2.17. The number of nitrogens with zero attached hydrogens (tertiary/aromatic N) is 1. The van der Waals surface area contributed by atoms with Gasteiger partial charge in [0.1, 0.15) is 0 Å². The highest BCUT2D eigenvalue weighted by atomic mass is 32.1. The molecule has 0 bridgehead atoms. The van der Waals surface area contributed by atoms with Gasteiger partial charge in [0.2, 0.25) is 0 Å². The van der Waals surface area contributed by atoms with Crippen LogP contribution in [0.5, 0.6) is 0 Å². The van der Waals surface area contributed by atoms with Crippen LogP contribution in [0.25, 0.3) is 10.2 Å². The number of thiazole rings is 1. The molecule has 0 saturated carbocycles. The summed E-state index contributed by atoms with van der Waals surface area (Å²) in [7, 11) is 0. The molecule has 2 aromatic rings. The third-order valence-electron chi connectivity index (χ3n) is 1.83. The molecular weight excluding hydrogens is 180 g/mol. The van der Waals surface area contributed by atoms with Gasteiger partial charge in [0.05, 0.1) is 15.2 Å². The van der Waals surface area contributed by atoms with Crippen molar-refractivity contribution >= 4 is 21.6 Å². The Morgan fingerprint density at radius 2 is 2.23 bits per heavy atom. The van der Waals surface area contributed by atoms with Gasteiger partial charge in [0.25, 0.3) is 0 Å². The molecule has 1 heterocycles. The number of aromatic nitrogens is 1. The van der Waals surface area contributed by atoms with Crippen molar-refractivity contribution in [2.45, 2.75) is 19.4 Å². The highest BCUT2D eigenvalue weighted by Gasteiger charge is 2.04. The molecule has 1 atom stereocenters. The summed E-state index contributed by atoms with van der Waals surface area (Å²) in [6.45, 7) is 2.01. The summed E-state index contributed by atoms with van der Waals surface area (Å²) in [5.74, 6) is 0. The van der Waals surface area contributed by atoms with Gasteiger partial charge in [-0.15, -0.1) is 11.3 Å². The van der Waals surface area contributed by atoms with Crippen LogP contribution in [0, 0.1) is 0 Å². The van der Waals surface area contributed by atoms with Crippen LogP contribution in [0.1, 0.15) is 11.9 Å². The van der Waals surface area contributed by atoms with E-state index in [0.717, 1.165) is 16.9 Å². The molecule has 1 unspecified atom stereocenters. The SMILES string of the molecule is CC(N)Cc1nc2ccccc2s1. The predicted octanol–water partition coefficient (Wildman–Crippen LogP) is 2.19. The van der Waals surface area contributed by atoms with Crippen LogP contribution in [0.2, 0.25) is 0 Å². The maximum Gasteiger partial charge on any atom is 0.0953 e. The first-order valence-electron chi connectivity index (χ1n) is 4.36. The second-order valence-corrected chi connectivity index (χ2v) is 4.37. The average molecular weight is 192 g/mol. The van der Waals surface area contributed by atoms with E-state index in [0.29, 0.717) is 0 Å². The lowest BCUT2D eigenvalue weighted by atomic mass is 10.3. The number of benzene rings is 1. The van der Waals surface area contributed by atoms with E-state index in [1.165, 1.54) is 4.70 Å². The second kappa shape index (κ2) is 3.44. The molecule has 3 heteroatoms. The number of fused-ring (bicyclic) bond motifs is 1. The standard InChI is InChI=1S/C10H12N2S/c1-7(11)6-10-12-8-4-2-3-5-9(8)13-10/h2-5,7H,6,11H2,1H3. The molecule has 1 aromatic heterocycles. The molecule has 0 saturated heterocycles. The first-order chi connectivity index (χ1) is 6.25. The zero-order valence-electron chi connectivity index (χ0n) is 7.53. The van der Waals surface area contributed by atoms with Crippen molar-refractivity contribution in [2.24, 2.45) is 5.73 Å². The quantitative estimate of drug-likeness (QED) is 0.792. The van der Waals surface area contributed by atoms with Crippen LogP contribution >= 0.6 is 11.3 Å². The summed E-state index contributed by atoms with van der Waals surface area (Å²) in [5.41, 5.74) is 6.80. The number of para-hydroxylation sites is 1. The molecule has 2 rings (SSSR count). The fourth-order valence-corrected chi connectivity index (χ4v) is 2.39. The van der Waals surface area contributed by atoms with Gasteiger partial charge in [-0.2, -0.15) is 0 Å². The minimum atomic E-state index is 0.195. The average Bonchev–Trinajstić information content (AvgIpc) is 2.44. The highest BCUT2D eigenvalue weighted by Crippen LogP contribution is 2.21. The van der Waals surface area contributed by atoms with Crippen LogP contribution in [-0.4, -0.2) is 11.0 Å². The fourth-order valence-electron chi connectivity index (χ4n) is 1.28. The second-order valence-electron chi connectivity index (χ2n) is 3.26. The van der Waals surface area contributed by atoms with Gasteiger partial charge >= 0.3 is 0 Å². The molecule has 0 spiro atoms. The summed E-state index contributed by atoms with van der Waals surface area (Å²) >= 11 is 1.73. The van der Waals surface area contributed by atoms with E-state index >= 15 is 0 Å². The number of rotatable bonds is 2. The minimum Gasteiger partial charge on any atom is -0.328 e. The molecule has 0 radical (unpaired) electrons. The van der Waals surface area contributed by atoms with Crippen LogP contribution < -0.4 is 5.73 Å². The zero-order chi connectivity index (χ0) is 9.26. The van der Waals surface area contributed by atoms with Crippen LogP contribution in [0.3, 0.4) is 0 Å². The zero-order valence-corrected chi connectivity index (χ0v) is 8.34. The molecule has 2 nitrogen and oxygen atoms in total. The Hall–Kier alpha value is -0.930. The van der Waals surface area contributed by atoms with Crippen molar-refractivity contribution < 1.29 is 0 Å². The van der Waals surface area contributed by atoms with Crippen LogP contribution in [-0.2, 0) is 6.42 Å². The van der Waals surface area contributed by atoms with Gasteiger partial charge in [-0.25, -0.2) is 4.98 Å². The Bertz CT molecular complexity index is 373. The van der Waals surface area contributed by atoms with Crippen LogP contribution in [0.4, 0.5) is 0 Å². The van der Waals surface area contributed by atoms with Crippen molar-refractivity contribution in [2.75, 3.05) is 0 Å². The molecule has 68 valence electrons. The number of hydrogen-bond acceptors (Lipinski definition) is 3. The van der Waals surface area contributed by atoms with Gasteiger partial charge in [-0.05, 0) is 19.1 Å². The van der Waals surface area contributed by atoms with Crippen molar-refractivity contribution in [3.05, 3.63) is 29.3 Å². The normalized spacial score (nSPS) is 13.4. The molecule has 0 aliphatic carbocycles. The number of hydrogen-bond donors (Lipinski definition) is 1. The Morgan fingerprint density at radius 3 is 2.92 bits per heavy atom. The molecule has 0 aliphatic heterocycles. The Labute approximate surface area is 81.4 Å². The van der Waals surface area contributed by atoms with E-state index in [4.69, 9.17) is 5.73 Å². The van der Waals surface area contributed by atoms with Crippen molar-refractivity contribution in [3.8, 4) is 0 Å². The molecule has 2 N–H and O–H groups in total. The van der Waals surface area contributed by atoms with E-state index in [9.17, 15) is 0 Å². The van der Waals surface area contributed by atoms with E-state index in [1.54, 1.807) is 11.3 Å². The smallest absolute Gasteiger partial charge is 0.0953 e. The molecular formula is C10H12N2S. The highest BCUT2D eigenvalue weighted by molar-refractivity contribution is 7.18. The Kier molecular flexibility index (Phi) is 2.29. The van der Waals surface area contributed by atoms with Gasteiger partial charge < -0.3 is 5.73 Å².